The van der Waals surface area contributed by atoms with Crippen LogP contribution in [0.25, 0.3) is 11.1 Å². The molecule has 0 nitrogen and oxygen atoms in total. The standard InChI is InChI=1S/C38H55F/c1-3-5-6-8-29-11-15-31(16-12-29)32-17-19-34(20-18-32)36-25-26-37(38(39)27-36)35-23-21-33(22-24-35)30-13-9-28(7-4-2)10-14-30/h21-32,34H,3-20H2,1-2H3. The molecule has 3 fully saturated rings. The zero-order valence-electron chi connectivity index (χ0n) is 25.1. The van der Waals surface area contributed by atoms with Gasteiger partial charge in [0.25, 0.3) is 0 Å². The van der Waals surface area contributed by atoms with Crippen molar-refractivity contribution in [1.29, 1.82) is 0 Å². The molecule has 5 rings (SSSR count). The van der Waals surface area contributed by atoms with E-state index in [9.17, 15) is 0 Å². The summed E-state index contributed by atoms with van der Waals surface area (Å²) < 4.78 is 15.4. The third-order valence-corrected chi connectivity index (χ3v) is 11.2. The van der Waals surface area contributed by atoms with E-state index in [0.717, 1.165) is 34.8 Å². The van der Waals surface area contributed by atoms with Crippen LogP contribution in [-0.2, 0) is 0 Å². The van der Waals surface area contributed by atoms with Gasteiger partial charge in [-0.15, -0.1) is 0 Å². The average molecular weight is 531 g/mol. The quantitative estimate of drug-likeness (QED) is 0.268. The summed E-state index contributed by atoms with van der Waals surface area (Å²) >= 11 is 0. The first-order valence-electron chi connectivity index (χ1n) is 17.0. The third-order valence-electron chi connectivity index (χ3n) is 11.2. The minimum absolute atomic E-state index is 0.0381. The van der Waals surface area contributed by atoms with E-state index >= 15 is 4.39 Å². The van der Waals surface area contributed by atoms with Crippen molar-refractivity contribution in [1.82, 2.24) is 0 Å². The lowest BCUT2D eigenvalue weighted by molar-refractivity contribution is 0.155. The summed E-state index contributed by atoms with van der Waals surface area (Å²) in [7, 11) is 0. The Morgan fingerprint density at radius 1 is 0.564 bits per heavy atom. The van der Waals surface area contributed by atoms with E-state index in [1.807, 2.05) is 6.07 Å². The highest BCUT2D eigenvalue weighted by molar-refractivity contribution is 5.65. The maximum Gasteiger partial charge on any atom is 0.131 e. The van der Waals surface area contributed by atoms with Gasteiger partial charge >= 0.3 is 0 Å². The molecule has 0 atom stereocenters. The Morgan fingerprint density at radius 3 is 1.72 bits per heavy atom. The van der Waals surface area contributed by atoms with Gasteiger partial charge in [0, 0.05) is 5.56 Å². The van der Waals surface area contributed by atoms with Gasteiger partial charge in [0.15, 0.2) is 0 Å². The number of benzene rings is 2. The molecule has 39 heavy (non-hydrogen) atoms. The topological polar surface area (TPSA) is 0 Å². The summed E-state index contributed by atoms with van der Waals surface area (Å²) in [4.78, 5) is 0. The van der Waals surface area contributed by atoms with Crippen molar-refractivity contribution in [2.24, 2.45) is 23.7 Å². The van der Waals surface area contributed by atoms with Crippen LogP contribution in [0.2, 0.25) is 0 Å². The normalized spacial score (nSPS) is 29.8. The van der Waals surface area contributed by atoms with Crippen molar-refractivity contribution in [3.05, 3.63) is 59.4 Å². The Bertz CT molecular complexity index is 982. The maximum atomic E-state index is 15.4. The van der Waals surface area contributed by atoms with Crippen LogP contribution in [0.3, 0.4) is 0 Å². The molecule has 0 aromatic heterocycles. The fraction of sp³-hybridized carbons (Fsp3) is 0.684. The molecule has 2 aromatic carbocycles. The minimum Gasteiger partial charge on any atom is -0.206 e. The Balaban J connectivity index is 1.11. The second-order valence-electron chi connectivity index (χ2n) is 13.8. The zero-order valence-corrected chi connectivity index (χ0v) is 25.1. The van der Waals surface area contributed by atoms with Crippen molar-refractivity contribution in [2.75, 3.05) is 0 Å². The van der Waals surface area contributed by atoms with Crippen LogP contribution < -0.4 is 0 Å². The molecule has 2 aromatic rings. The molecule has 214 valence electrons. The Hall–Kier alpha value is -1.63. The molecule has 3 saturated carbocycles. The van der Waals surface area contributed by atoms with Crippen molar-refractivity contribution < 1.29 is 4.39 Å². The van der Waals surface area contributed by atoms with E-state index in [1.54, 1.807) is 0 Å². The molecule has 0 saturated heterocycles. The van der Waals surface area contributed by atoms with Gasteiger partial charge in [-0.2, -0.15) is 0 Å². The molecule has 0 bridgehead atoms. The van der Waals surface area contributed by atoms with E-state index < -0.39 is 0 Å². The lowest BCUT2D eigenvalue weighted by Crippen LogP contribution is -2.25. The lowest BCUT2D eigenvalue weighted by atomic mass is 9.68. The zero-order chi connectivity index (χ0) is 27.0. The molecule has 0 N–H and O–H groups in total. The monoisotopic (exact) mass is 530 g/mol. The molecule has 0 aliphatic heterocycles. The smallest absolute Gasteiger partial charge is 0.131 e. The highest BCUT2D eigenvalue weighted by Crippen LogP contribution is 2.45. The number of unbranched alkanes of at least 4 members (excludes halogenated alkanes) is 2. The second-order valence-corrected chi connectivity index (χ2v) is 13.8. The van der Waals surface area contributed by atoms with Gasteiger partial charge in [-0.1, -0.05) is 102 Å². The molecule has 3 aliphatic rings. The Morgan fingerprint density at radius 2 is 1.10 bits per heavy atom. The fourth-order valence-electron chi connectivity index (χ4n) is 8.70. The van der Waals surface area contributed by atoms with E-state index in [1.165, 1.54) is 127 Å². The van der Waals surface area contributed by atoms with Crippen LogP contribution in [0, 0.1) is 29.5 Å². The molecule has 0 heterocycles. The first-order valence-corrected chi connectivity index (χ1v) is 17.0. The summed E-state index contributed by atoms with van der Waals surface area (Å²) in [6.45, 7) is 4.62. The molecule has 3 aliphatic carbocycles. The van der Waals surface area contributed by atoms with Gasteiger partial charge in [0.2, 0.25) is 0 Å². The largest absolute Gasteiger partial charge is 0.206 e. The van der Waals surface area contributed by atoms with E-state index in [2.05, 4.69) is 50.2 Å². The SMILES string of the molecule is CCCCCC1CCC(C2CCC(c3ccc(-c4ccc(C5CCC(CCC)CC5)cc4)c(F)c3)CC2)CC1. The second kappa shape index (κ2) is 14.3. The Labute approximate surface area is 239 Å². The van der Waals surface area contributed by atoms with E-state index in [-0.39, 0.29) is 5.82 Å². The summed E-state index contributed by atoms with van der Waals surface area (Å²) in [5.74, 6) is 5.02. The van der Waals surface area contributed by atoms with Gasteiger partial charge in [0.05, 0.1) is 0 Å². The van der Waals surface area contributed by atoms with E-state index in [0.29, 0.717) is 11.8 Å². The summed E-state index contributed by atoms with van der Waals surface area (Å²) in [6, 6.07) is 15.0. The van der Waals surface area contributed by atoms with E-state index in [4.69, 9.17) is 0 Å². The van der Waals surface area contributed by atoms with Crippen LogP contribution in [0.4, 0.5) is 4.39 Å². The van der Waals surface area contributed by atoms with Gasteiger partial charge in [-0.3, -0.25) is 0 Å². The van der Waals surface area contributed by atoms with Crippen LogP contribution in [0.1, 0.15) is 152 Å². The molecular weight excluding hydrogens is 475 g/mol. The maximum absolute atomic E-state index is 15.4. The Kier molecular flexibility index (Phi) is 10.6. The van der Waals surface area contributed by atoms with Gasteiger partial charge < -0.3 is 0 Å². The number of hydrogen-bond donors (Lipinski definition) is 0. The van der Waals surface area contributed by atoms with Crippen LogP contribution >= 0.6 is 0 Å². The molecule has 0 unspecified atom stereocenters. The molecule has 1 heteroatoms. The summed E-state index contributed by atoms with van der Waals surface area (Å²) in [6.07, 6.45) is 24.8. The predicted molar refractivity (Wildman–Crippen MR) is 166 cm³/mol. The summed E-state index contributed by atoms with van der Waals surface area (Å²) in [5.41, 5.74) is 4.47. The first kappa shape index (κ1) is 28.9. The van der Waals surface area contributed by atoms with Gasteiger partial charge in [-0.05, 0) is 122 Å². The minimum atomic E-state index is -0.0381. The van der Waals surface area contributed by atoms with Crippen LogP contribution in [-0.4, -0.2) is 0 Å². The fourth-order valence-corrected chi connectivity index (χ4v) is 8.70. The summed E-state index contributed by atoms with van der Waals surface area (Å²) in [5, 5.41) is 0. The molecule has 0 spiro atoms. The number of halogens is 1. The van der Waals surface area contributed by atoms with Crippen molar-refractivity contribution >= 4 is 0 Å². The number of rotatable bonds is 10. The number of hydrogen-bond acceptors (Lipinski definition) is 0. The van der Waals surface area contributed by atoms with Crippen molar-refractivity contribution in [3.63, 3.8) is 0 Å². The highest BCUT2D eigenvalue weighted by atomic mass is 19.1. The first-order chi connectivity index (χ1) is 19.1. The third kappa shape index (κ3) is 7.56. The van der Waals surface area contributed by atoms with Crippen molar-refractivity contribution in [2.45, 2.75) is 141 Å². The molecule has 0 amide bonds. The van der Waals surface area contributed by atoms with Gasteiger partial charge in [-0.25, -0.2) is 4.39 Å². The van der Waals surface area contributed by atoms with Crippen molar-refractivity contribution in [3.8, 4) is 11.1 Å². The predicted octanol–water partition coefficient (Wildman–Crippen LogP) is 12.2. The van der Waals surface area contributed by atoms with Crippen LogP contribution in [0.5, 0.6) is 0 Å². The molecule has 0 radical (unpaired) electrons. The molecular formula is C38H55F. The van der Waals surface area contributed by atoms with Crippen LogP contribution in [0.15, 0.2) is 42.5 Å². The average Bonchev–Trinajstić information content (AvgIpc) is 2.98. The highest BCUT2D eigenvalue weighted by Gasteiger charge is 2.31. The lowest BCUT2D eigenvalue weighted by Gasteiger charge is -2.38. The van der Waals surface area contributed by atoms with Gasteiger partial charge in [0.1, 0.15) is 5.82 Å².